The molecule has 0 spiro atoms. The molecule has 0 saturated heterocycles. The Bertz CT molecular complexity index is 1660. The number of methoxy groups -OCH3 is 1. The number of benzene rings is 2. The van der Waals surface area contributed by atoms with Crippen molar-refractivity contribution in [2.45, 2.75) is 18.5 Å². The number of hydrogen-bond donors (Lipinski definition) is 3. The molecule has 0 fully saturated rings. The fraction of sp³-hybridized carbons (Fsp3) is 0.200. The first-order valence-electron chi connectivity index (χ1n) is 11.6. The van der Waals surface area contributed by atoms with E-state index in [9.17, 15) is 21.0 Å². The molecule has 1 unspecified atom stereocenters. The molecular weight excluding hydrogens is 605 g/mol. The van der Waals surface area contributed by atoms with Crippen molar-refractivity contribution < 1.29 is 34.9 Å². The van der Waals surface area contributed by atoms with Crippen molar-refractivity contribution >= 4 is 51.1 Å². The number of aryl methyl sites for hydroxylation is 1. The second-order valence-electron chi connectivity index (χ2n) is 8.32. The Morgan fingerprint density at radius 1 is 1.12 bits per heavy atom. The fourth-order valence-corrected chi connectivity index (χ4v) is 6.01. The summed E-state index contributed by atoms with van der Waals surface area (Å²) in [6, 6.07) is 13.5. The average Bonchev–Trinajstić information content (AvgIpc) is 3.31. The Hall–Kier alpha value is -3.81. The molecule has 212 valence electrons. The molecule has 0 aliphatic heterocycles. The van der Waals surface area contributed by atoms with Crippen LogP contribution in [-0.4, -0.2) is 70.2 Å². The third-order valence-electron chi connectivity index (χ3n) is 5.33. The summed E-state index contributed by atoms with van der Waals surface area (Å²) >= 11 is -4.92. The van der Waals surface area contributed by atoms with E-state index < -0.39 is 24.0 Å². The van der Waals surface area contributed by atoms with Crippen LogP contribution in [0.1, 0.15) is 12.5 Å². The standard InChI is InChI=1S/C17H18N4O3S.C8H10AsNO5/c1-21-12-19-15-11-18-17(20-16(15)21)25(22,23)10-4-3-5-13-6-8-14(24-2)9-7-13;1-6(11)10-8-5-3-2-4-7(8)9(12,13)15-14/h3-4,6-9,11-12H,5,10H2,1-2H3;2-5,14H,1H3,(H,10,11)(H,12,13). The minimum Gasteiger partial charge on any atom is -0.497 e. The van der Waals surface area contributed by atoms with Crippen LogP contribution in [0.5, 0.6) is 5.75 Å². The van der Waals surface area contributed by atoms with Crippen LogP contribution >= 0.6 is 0 Å². The molecule has 13 nitrogen and oxygen atoms in total. The summed E-state index contributed by atoms with van der Waals surface area (Å²) < 4.78 is 55.7. The van der Waals surface area contributed by atoms with Crippen LogP contribution in [0.2, 0.25) is 0 Å². The number of hydrogen-bond acceptors (Lipinski definition) is 10. The number of fused-ring (bicyclic) bond motifs is 1. The van der Waals surface area contributed by atoms with Gasteiger partial charge in [-0.1, -0.05) is 24.3 Å². The number of nitrogens with one attached hydrogen (secondary N) is 1. The third kappa shape index (κ3) is 8.10. The number of aromatic nitrogens is 4. The van der Waals surface area contributed by atoms with Gasteiger partial charge in [0.25, 0.3) is 0 Å². The smallest absolute Gasteiger partial charge is 0.249 e. The van der Waals surface area contributed by atoms with Crippen molar-refractivity contribution in [3.63, 3.8) is 0 Å². The maximum Gasteiger partial charge on any atom is 0.249 e. The number of rotatable bonds is 9. The summed E-state index contributed by atoms with van der Waals surface area (Å²) in [5, 5.41) is 10.5. The van der Waals surface area contributed by atoms with E-state index >= 15 is 0 Å². The van der Waals surface area contributed by atoms with Gasteiger partial charge in [-0.2, -0.15) is 4.98 Å². The van der Waals surface area contributed by atoms with E-state index in [1.807, 2.05) is 30.3 Å². The second-order valence-corrected chi connectivity index (χ2v) is 13.8. The molecule has 0 saturated carbocycles. The molecule has 0 bridgehead atoms. The maximum atomic E-state index is 12.4. The van der Waals surface area contributed by atoms with Crippen LogP contribution in [0.15, 0.2) is 78.4 Å². The number of nitrogens with zero attached hydrogens (tertiary/aromatic N) is 4. The molecule has 0 aliphatic carbocycles. The molecule has 3 N–H and O–H groups in total. The van der Waals surface area contributed by atoms with Gasteiger partial charge in [0, 0.05) is 7.05 Å². The van der Waals surface area contributed by atoms with Crippen LogP contribution in [0, 0.1) is 0 Å². The number of imidazole rings is 1. The Labute approximate surface area is 233 Å². The van der Waals surface area contributed by atoms with Crippen LogP contribution in [0.4, 0.5) is 5.69 Å². The predicted octanol–water partition coefficient (Wildman–Crippen LogP) is 1.65. The molecular formula is C25H28AsN5O8S. The summed E-state index contributed by atoms with van der Waals surface area (Å²) in [5.74, 6) is 0.265. The zero-order valence-electron chi connectivity index (χ0n) is 21.8. The molecule has 2 heterocycles. The van der Waals surface area contributed by atoms with E-state index in [-0.39, 0.29) is 26.9 Å². The maximum absolute atomic E-state index is 12.4. The molecule has 40 heavy (non-hydrogen) atoms. The first kappa shape index (κ1) is 30.7. The third-order valence-corrected chi connectivity index (χ3v) is 9.28. The molecule has 2 aromatic heterocycles. The number of amides is 1. The van der Waals surface area contributed by atoms with Crippen molar-refractivity contribution in [2.75, 3.05) is 18.2 Å². The zero-order valence-corrected chi connectivity index (χ0v) is 24.5. The summed E-state index contributed by atoms with van der Waals surface area (Å²) in [7, 11) is -0.208. The van der Waals surface area contributed by atoms with E-state index in [1.165, 1.54) is 31.3 Å². The molecule has 2 aromatic carbocycles. The Morgan fingerprint density at radius 2 is 1.82 bits per heavy atom. The summed E-state index contributed by atoms with van der Waals surface area (Å²) in [6.45, 7) is 1.27. The topological polar surface area (TPSA) is 183 Å². The minimum absolute atomic E-state index is 0.103. The summed E-state index contributed by atoms with van der Waals surface area (Å²) in [6.07, 6.45) is 7.08. The van der Waals surface area contributed by atoms with Crippen molar-refractivity contribution in [2.24, 2.45) is 7.05 Å². The van der Waals surface area contributed by atoms with E-state index in [1.54, 1.807) is 37.2 Å². The van der Waals surface area contributed by atoms with Crippen LogP contribution in [0.25, 0.3) is 11.2 Å². The first-order valence-corrected chi connectivity index (χ1v) is 16.6. The molecule has 4 aromatic rings. The van der Waals surface area contributed by atoms with Crippen molar-refractivity contribution in [3.8, 4) is 5.75 Å². The second kappa shape index (κ2) is 13.5. The van der Waals surface area contributed by atoms with Gasteiger partial charge in [-0.3, -0.25) is 0 Å². The van der Waals surface area contributed by atoms with Gasteiger partial charge in [-0.05, 0) is 24.1 Å². The first-order chi connectivity index (χ1) is 19.0. The van der Waals surface area contributed by atoms with Gasteiger partial charge >= 0.3 is 88.4 Å². The number of anilines is 1. The monoisotopic (exact) mass is 633 g/mol. The number of para-hydroxylation sites is 1. The van der Waals surface area contributed by atoms with Crippen molar-refractivity contribution in [1.82, 2.24) is 19.5 Å². The van der Waals surface area contributed by atoms with Crippen LogP contribution in [-0.2, 0) is 35.7 Å². The predicted molar refractivity (Wildman–Crippen MR) is 147 cm³/mol. The number of sulfone groups is 1. The average molecular weight is 634 g/mol. The Kier molecular flexibility index (Phi) is 10.4. The van der Waals surface area contributed by atoms with Gasteiger partial charge < -0.3 is 9.30 Å². The fourth-order valence-electron chi connectivity index (χ4n) is 3.36. The normalized spacial score (nSPS) is 12.9. The summed E-state index contributed by atoms with van der Waals surface area (Å²) in [5.41, 5.74) is 2.29. The van der Waals surface area contributed by atoms with Crippen molar-refractivity contribution in [1.29, 1.82) is 0 Å². The van der Waals surface area contributed by atoms with E-state index in [0.717, 1.165) is 11.3 Å². The number of carbonyl (C=O) groups is 1. The minimum atomic E-state index is -4.92. The van der Waals surface area contributed by atoms with Gasteiger partial charge in [-0.25, -0.2) is 18.4 Å². The van der Waals surface area contributed by atoms with Gasteiger partial charge in [-0.15, -0.1) is 0 Å². The van der Waals surface area contributed by atoms with Gasteiger partial charge in [0.1, 0.15) is 11.3 Å². The van der Waals surface area contributed by atoms with E-state index in [4.69, 9.17) is 9.99 Å². The Morgan fingerprint density at radius 3 is 2.48 bits per heavy atom. The quantitative estimate of drug-likeness (QED) is 0.0801. The van der Waals surface area contributed by atoms with E-state index in [2.05, 4.69) is 24.1 Å². The SMILES string of the molecule is CC(=O)Nc1ccccc1[As](=O)(O)OO.COc1ccc(CC=CCS(=O)(=O)c2ncc3ncn(C)c3n2)cc1. The zero-order chi connectivity index (χ0) is 29.3. The van der Waals surface area contributed by atoms with Gasteiger partial charge in [0.2, 0.25) is 15.0 Å². The molecule has 4 rings (SSSR count). The molecule has 1 atom stereocenters. The molecule has 15 heteroatoms. The molecule has 0 aliphatic rings. The molecule has 0 radical (unpaired) electrons. The number of carbonyl (C=O) groups excluding carboxylic acids is 1. The van der Waals surface area contributed by atoms with Gasteiger partial charge in [0.15, 0.2) is 5.65 Å². The van der Waals surface area contributed by atoms with Crippen molar-refractivity contribution in [3.05, 3.63) is 78.8 Å². The number of ether oxygens (including phenoxy) is 1. The largest absolute Gasteiger partial charge is 0.497 e. The number of allylic oxidation sites excluding steroid dienone is 1. The van der Waals surface area contributed by atoms with E-state index in [0.29, 0.717) is 17.6 Å². The molecule has 1 amide bonds. The van der Waals surface area contributed by atoms with Crippen LogP contribution < -0.4 is 14.4 Å². The Balaban J connectivity index is 0.000000252. The van der Waals surface area contributed by atoms with Gasteiger partial charge in [0.05, 0.1) is 25.4 Å². The van der Waals surface area contributed by atoms with Crippen LogP contribution in [0.3, 0.4) is 0 Å². The summed E-state index contributed by atoms with van der Waals surface area (Å²) in [4.78, 5) is 22.9.